The number of methoxy groups -OCH3 is 1. The van der Waals surface area contributed by atoms with Crippen molar-refractivity contribution in [1.82, 2.24) is 9.97 Å². The summed E-state index contributed by atoms with van der Waals surface area (Å²) in [5, 5.41) is 0. The summed E-state index contributed by atoms with van der Waals surface area (Å²) in [5.41, 5.74) is 2.52. The van der Waals surface area contributed by atoms with Crippen molar-refractivity contribution < 1.29 is 9.53 Å². The number of hydrogen-bond acceptors (Lipinski definition) is 4. The number of nitrogens with zero attached hydrogens (tertiary/aromatic N) is 2. The van der Waals surface area contributed by atoms with E-state index in [1.165, 1.54) is 13.4 Å². The predicted octanol–water partition coefficient (Wildman–Crippen LogP) is 0.809. The first-order chi connectivity index (χ1) is 6.15. The molecule has 0 aliphatic heterocycles. The third-order valence-corrected chi connectivity index (χ3v) is 1.93. The number of aryl methyl sites for hydroxylation is 2. The highest BCUT2D eigenvalue weighted by Crippen LogP contribution is 2.09. The van der Waals surface area contributed by atoms with Crippen LogP contribution in [0, 0.1) is 13.8 Å². The molecule has 70 valence electrons. The average molecular weight is 180 g/mol. The molecule has 1 heterocycles. The maximum atomic E-state index is 11.0. The van der Waals surface area contributed by atoms with Crippen LogP contribution in [0.5, 0.6) is 0 Å². The zero-order valence-electron chi connectivity index (χ0n) is 8.00. The first kappa shape index (κ1) is 9.64. The van der Waals surface area contributed by atoms with E-state index < -0.39 is 0 Å². The molecular weight excluding hydrogens is 168 g/mol. The van der Waals surface area contributed by atoms with E-state index in [4.69, 9.17) is 0 Å². The van der Waals surface area contributed by atoms with Gasteiger partial charge < -0.3 is 4.74 Å². The molecule has 0 bridgehead atoms. The number of esters is 1. The van der Waals surface area contributed by atoms with Crippen LogP contribution >= 0.6 is 0 Å². The van der Waals surface area contributed by atoms with E-state index in [0.717, 1.165) is 17.0 Å². The summed E-state index contributed by atoms with van der Waals surface area (Å²) in [6.45, 7) is 3.71. The van der Waals surface area contributed by atoms with Crippen LogP contribution in [-0.2, 0) is 16.0 Å². The molecular formula is C9H12N2O2. The molecule has 13 heavy (non-hydrogen) atoms. The van der Waals surface area contributed by atoms with Crippen LogP contribution in [-0.4, -0.2) is 23.0 Å². The van der Waals surface area contributed by atoms with Gasteiger partial charge in [-0.25, -0.2) is 9.97 Å². The predicted molar refractivity (Wildman–Crippen MR) is 47.2 cm³/mol. The summed E-state index contributed by atoms with van der Waals surface area (Å²) in [6.07, 6.45) is 1.74. The molecule has 0 aromatic carbocycles. The molecule has 0 unspecified atom stereocenters. The Morgan fingerprint density at radius 1 is 1.38 bits per heavy atom. The lowest BCUT2D eigenvalue weighted by molar-refractivity contribution is -0.139. The van der Waals surface area contributed by atoms with Crippen molar-refractivity contribution in [2.45, 2.75) is 20.3 Å². The first-order valence-electron chi connectivity index (χ1n) is 3.99. The van der Waals surface area contributed by atoms with E-state index >= 15 is 0 Å². The standard InChI is InChI=1S/C9H12N2O2/c1-6-8(4-9(12)13-3)7(2)11-5-10-6/h5H,4H2,1-3H3. The summed E-state index contributed by atoms with van der Waals surface area (Å²) >= 11 is 0. The number of carbonyl (C=O) groups excluding carboxylic acids is 1. The Balaban J connectivity index is 2.93. The number of hydrogen-bond donors (Lipinski definition) is 0. The molecule has 1 aromatic rings. The fourth-order valence-corrected chi connectivity index (χ4v) is 1.09. The Hall–Kier alpha value is -1.45. The van der Waals surface area contributed by atoms with Crippen molar-refractivity contribution in [3.05, 3.63) is 23.3 Å². The van der Waals surface area contributed by atoms with E-state index in [-0.39, 0.29) is 12.4 Å². The number of rotatable bonds is 2. The van der Waals surface area contributed by atoms with Gasteiger partial charge in [0.2, 0.25) is 0 Å². The van der Waals surface area contributed by atoms with Gasteiger partial charge >= 0.3 is 5.97 Å². The molecule has 0 fully saturated rings. The van der Waals surface area contributed by atoms with Crippen molar-refractivity contribution >= 4 is 5.97 Å². The SMILES string of the molecule is COC(=O)Cc1c(C)ncnc1C. The highest BCUT2D eigenvalue weighted by Gasteiger charge is 2.09. The Kier molecular flexibility index (Phi) is 2.95. The molecule has 0 amide bonds. The highest BCUT2D eigenvalue weighted by atomic mass is 16.5. The summed E-state index contributed by atoms with van der Waals surface area (Å²) < 4.78 is 4.57. The Bertz CT molecular complexity index is 303. The van der Waals surface area contributed by atoms with Gasteiger partial charge in [-0.05, 0) is 13.8 Å². The molecule has 0 N–H and O–H groups in total. The number of carbonyl (C=O) groups is 1. The Morgan fingerprint density at radius 2 is 1.92 bits per heavy atom. The minimum Gasteiger partial charge on any atom is -0.469 e. The maximum absolute atomic E-state index is 11.0. The minimum atomic E-state index is -0.263. The van der Waals surface area contributed by atoms with Crippen LogP contribution in [0.1, 0.15) is 17.0 Å². The number of aromatic nitrogens is 2. The van der Waals surface area contributed by atoms with Gasteiger partial charge in [-0.15, -0.1) is 0 Å². The van der Waals surface area contributed by atoms with Gasteiger partial charge in [-0.1, -0.05) is 0 Å². The first-order valence-corrected chi connectivity index (χ1v) is 3.99. The number of ether oxygens (including phenoxy) is 1. The molecule has 0 aliphatic rings. The van der Waals surface area contributed by atoms with Gasteiger partial charge in [0.25, 0.3) is 0 Å². The summed E-state index contributed by atoms with van der Waals surface area (Å²) in [7, 11) is 1.37. The van der Waals surface area contributed by atoms with Gasteiger partial charge in [0.1, 0.15) is 6.33 Å². The zero-order valence-corrected chi connectivity index (χ0v) is 8.00. The third-order valence-electron chi connectivity index (χ3n) is 1.93. The van der Waals surface area contributed by atoms with Gasteiger partial charge in [-0.3, -0.25) is 4.79 Å². The lowest BCUT2D eigenvalue weighted by Gasteiger charge is -2.05. The molecule has 0 atom stereocenters. The molecule has 4 nitrogen and oxygen atoms in total. The summed E-state index contributed by atoms with van der Waals surface area (Å²) in [5.74, 6) is -0.263. The molecule has 4 heteroatoms. The lowest BCUT2D eigenvalue weighted by atomic mass is 10.1. The fourth-order valence-electron chi connectivity index (χ4n) is 1.09. The average Bonchev–Trinajstić information content (AvgIpc) is 2.11. The maximum Gasteiger partial charge on any atom is 0.310 e. The second-order valence-electron chi connectivity index (χ2n) is 2.78. The van der Waals surface area contributed by atoms with Crippen molar-refractivity contribution in [3.8, 4) is 0 Å². The van der Waals surface area contributed by atoms with Crippen LogP contribution in [0.25, 0.3) is 0 Å². The smallest absolute Gasteiger partial charge is 0.310 e. The van der Waals surface area contributed by atoms with Crippen LogP contribution in [0.3, 0.4) is 0 Å². The molecule has 1 rings (SSSR count). The molecule has 1 aromatic heterocycles. The van der Waals surface area contributed by atoms with Crippen molar-refractivity contribution in [3.63, 3.8) is 0 Å². The van der Waals surface area contributed by atoms with Crippen molar-refractivity contribution in [2.75, 3.05) is 7.11 Å². The van der Waals surface area contributed by atoms with E-state index in [9.17, 15) is 4.79 Å². The van der Waals surface area contributed by atoms with Gasteiger partial charge in [0.05, 0.1) is 13.5 Å². The van der Waals surface area contributed by atoms with Gasteiger partial charge in [0.15, 0.2) is 0 Å². The minimum absolute atomic E-state index is 0.245. The fraction of sp³-hybridized carbons (Fsp3) is 0.444. The van der Waals surface area contributed by atoms with E-state index in [1.807, 2.05) is 13.8 Å². The van der Waals surface area contributed by atoms with Gasteiger partial charge in [0, 0.05) is 17.0 Å². The Labute approximate surface area is 77.0 Å². The highest BCUT2D eigenvalue weighted by molar-refractivity contribution is 5.72. The van der Waals surface area contributed by atoms with Crippen LogP contribution < -0.4 is 0 Å². The van der Waals surface area contributed by atoms with Crippen LogP contribution in [0.4, 0.5) is 0 Å². The van der Waals surface area contributed by atoms with E-state index in [0.29, 0.717) is 0 Å². The van der Waals surface area contributed by atoms with Crippen molar-refractivity contribution in [1.29, 1.82) is 0 Å². The lowest BCUT2D eigenvalue weighted by Crippen LogP contribution is -2.09. The van der Waals surface area contributed by atoms with Gasteiger partial charge in [-0.2, -0.15) is 0 Å². The van der Waals surface area contributed by atoms with E-state index in [2.05, 4.69) is 14.7 Å². The molecule has 0 radical (unpaired) electrons. The van der Waals surface area contributed by atoms with E-state index in [1.54, 1.807) is 0 Å². The largest absolute Gasteiger partial charge is 0.469 e. The van der Waals surface area contributed by atoms with Crippen LogP contribution in [0.2, 0.25) is 0 Å². The molecule has 0 spiro atoms. The second kappa shape index (κ2) is 3.98. The molecule has 0 saturated carbocycles. The quantitative estimate of drug-likeness (QED) is 0.632. The molecule has 0 saturated heterocycles. The van der Waals surface area contributed by atoms with Crippen LogP contribution in [0.15, 0.2) is 6.33 Å². The monoisotopic (exact) mass is 180 g/mol. The normalized spacial score (nSPS) is 9.77. The van der Waals surface area contributed by atoms with Crippen molar-refractivity contribution in [2.24, 2.45) is 0 Å². The summed E-state index contributed by atoms with van der Waals surface area (Å²) in [6, 6.07) is 0. The third kappa shape index (κ3) is 2.24. The zero-order chi connectivity index (χ0) is 9.84. The Morgan fingerprint density at radius 3 is 2.38 bits per heavy atom. The topological polar surface area (TPSA) is 52.1 Å². The summed E-state index contributed by atoms with van der Waals surface area (Å²) in [4.78, 5) is 19.0. The molecule has 0 aliphatic carbocycles. The second-order valence-corrected chi connectivity index (χ2v) is 2.78.